The molecule has 0 fully saturated rings. The van der Waals surface area contributed by atoms with E-state index >= 15 is 0 Å². The standard InChI is InChI=1S/C15H17FN2O4S/c1-17-23(20,21)11-6-7-13(12(16)8-11)18-9-10-4-3-5-14(22-2)15(10)19/h3-8,17-19H,9H2,1-2H3. The van der Waals surface area contributed by atoms with E-state index in [2.05, 4.69) is 10.0 Å². The Morgan fingerprint density at radius 2 is 2.00 bits per heavy atom. The van der Waals surface area contributed by atoms with Crippen molar-refractivity contribution in [1.29, 1.82) is 0 Å². The summed E-state index contributed by atoms with van der Waals surface area (Å²) < 4.78 is 44.4. The summed E-state index contributed by atoms with van der Waals surface area (Å²) in [6.07, 6.45) is 0. The molecule has 2 aromatic rings. The Hall–Kier alpha value is -2.32. The minimum atomic E-state index is -3.69. The molecule has 0 aromatic heterocycles. The second-order valence-electron chi connectivity index (χ2n) is 4.67. The van der Waals surface area contributed by atoms with E-state index in [1.54, 1.807) is 18.2 Å². The summed E-state index contributed by atoms with van der Waals surface area (Å²) in [5, 5.41) is 12.8. The lowest BCUT2D eigenvalue weighted by molar-refractivity contribution is 0.371. The Morgan fingerprint density at radius 3 is 2.61 bits per heavy atom. The first kappa shape index (κ1) is 17.0. The molecule has 0 aliphatic carbocycles. The molecule has 0 unspecified atom stereocenters. The molecule has 0 atom stereocenters. The minimum Gasteiger partial charge on any atom is -0.504 e. The molecule has 0 spiro atoms. The predicted octanol–water partition coefficient (Wildman–Crippen LogP) is 2.06. The number of anilines is 1. The zero-order chi connectivity index (χ0) is 17.0. The Balaban J connectivity index is 2.19. The van der Waals surface area contributed by atoms with Gasteiger partial charge in [-0.05, 0) is 31.3 Å². The van der Waals surface area contributed by atoms with Crippen molar-refractivity contribution in [2.45, 2.75) is 11.4 Å². The van der Waals surface area contributed by atoms with Gasteiger partial charge in [0.25, 0.3) is 0 Å². The van der Waals surface area contributed by atoms with E-state index in [1.165, 1.54) is 26.3 Å². The zero-order valence-electron chi connectivity index (χ0n) is 12.6. The van der Waals surface area contributed by atoms with E-state index in [0.29, 0.717) is 11.3 Å². The van der Waals surface area contributed by atoms with E-state index in [4.69, 9.17) is 4.74 Å². The van der Waals surface area contributed by atoms with E-state index < -0.39 is 15.8 Å². The molecule has 23 heavy (non-hydrogen) atoms. The molecule has 3 N–H and O–H groups in total. The van der Waals surface area contributed by atoms with Crippen molar-refractivity contribution in [3.05, 3.63) is 47.8 Å². The maximum Gasteiger partial charge on any atom is 0.240 e. The van der Waals surface area contributed by atoms with Crippen LogP contribution < -0.4 is 14.8 Å². The van der Waals surface area contributed by atoms with Crippen molar-refractivity contribution in [1.82, 2.24) is 4.72 Å². The highest BCUT2D eigenvalue weighted by atomic mass is 32.2. The van der Waals surface area contributed by atoms with Gasteiger partial charge in [-0.3, -0.25) is 0 Å². The molecule has 6 nitrogen and oxygen atoms in total. The van der Waals surface area contributed by atoms with Gasteiger partial charge in [-0.25, -0.2) is 17.5 Å². The number of ether oxygens (including phenoxy) is 1. The normalized spacial score (nSPS) is 11.3. The van der Waals surface area contributed by atoms with Gasteiger partial charge in [0, 0.05) is 12.1 Å². The Kier molecular flexibility index (Phi) is 5.07. The van der Waals surface area contributed by atoms with Gasteiger partial charge in [-0.15, -0.1) is 0 Å². The highest BCUT2D eigenvalue weighted by Crippen LogP contribution is 2.30. The number of nitrogens with one attached hydrogen (secondary N) is 2. The van der Waals surface area contributed by atoms with Crippen molar-refractivity contribution in [2.24, 2.45) is 0 Å². The second-order valence-corrected chi connectivity index (χ2v) is 6.56. The number of hydrogen-bond donors (Lipinski definition) is 3. The molecule has 0 aliphatic rings. The van der Waals surface area contributed by atoms with Gasteiger partial charge in [0.15, 0.2) is 11.5 Å². The van der Waals surface area contributed by atoms with Crippen LogP contribution in [0.25, 0.3) is 0 Å². The van der Waals surface area contributed by atoms with Crippen LogP contribution in [0.4, 0.5) is 10.1 Å². The summed E-state index contributed by atoms with van der Waals surface area (Å²) in [5.74, 6) is -0.416. The van der Waals surface area contributed by atoms with Crippen molar-refractivity contribution in [3.8, 4) is 11.5 Å². The van der Waals surface area contributed by atoms with Crippen LogP contribution in [0.15, 0.2) is 41.3 Å². The van der Waals surface area contributed by atoms with Gasteiger partial charge in [0.2, 0.25) is 10.0 Å². The lowest BCUT2D eigenvalue weighted by atomic mass is 10.2. The van der Waals surface area contributed by atoms with E-state index in [0.717, 1.165) is 6.07 Å². The van der Waals surface area contributed by atoms with Crippen LogP contribution in [0.1, 0.15) is 5.56 Å². The van der Waals surface area contributed by atoms with Crippen molar-refractivity contribution in [2.75, 3.05) is 19.5 Å². The van der Waals surface area contributed by atoms with Crippen molar-refractivity contribution < 1.29 is 22.7 Å². The molecular formula is C15H17FN2O4S. The topological polar surface area (TPSA) is 87.7 Å². The number of aromatic hydroxyl groups is 1. The van der Waals surface area contributed by atoms with Gasteiger partial charge < -0.3 is 15.2 Å². The lowest BCUT2D eigenvalue weighted by Gasteiger charge is -2.12. The smallest absolute Gasteiger partial charge is 0.240 e. The fraction of sp³-hybridized carbons (Fsp3) is 0.200. The van der Waals surface area contributed by atoms with Gasteiger partial charge in [0.05, 0.1) is 17.7 Å². The fourth-order valence-electron chi connectivity index (χ4n) is 1.99. The van der Waals surface area contributed by atoms with Gasteiger partial charge in [0.1, 0.15) is 5.82 Å². The fourth-order valence-corrected chi connectivity index (χ4v) is 2.73. The summed E-state index contributed by atoms with van der Waals surface area (Å²) in [4.78, 5) is -0.160. The molecule has 8 heteroatoms. The molecule has 2 aromatic carbocycles. The molecule has 0 heterocycles. The van der Waals surface area contributed by atoms with Crippen molar-refractivity contribution >= 4 is 15.7 Å². The SMILES string of the molecule is CNS(=O)(=O)c1ccc(NCc2cccc(OC)c2O)c(F)c1. The number of methoxy groups -OCH3 is 1. The molecule has 124 valence electrons. The minimum absolute atomic E-state index is 0.0303. The average molecular weight is 340 g/mol. The number of phenolic OH excluding ortho intramolecular Hbond substituents is 1. The third kappa shape index (κ3) is 3.72. The number of phenols is 1. The molecule has 0 bridgehead atoms. The highest BCUT2D eigenvalue weighted by molar-refractivity contribution is 7.89. The van der Waals surface area contributed by atoms with Gasteiger partial charge in [-0.2, -0.15) is 0 Å². The van der Waals surface area contributed by atoms with Crippen LogP contribution >= 0.6 is 0 Å². The average Bonchev–Trinajstić information content (AvgIpc) is 2.54. The monoisotopic (exact) mass is 340 g/mol. The zero-order valence-corrected chi connectivity index (χ0v) is 13.4. The molecule has 0 aliphatic heterocycles. The number of para-hydroxylation sites is 1. The van der Waals surface area contributed by atoms with Crippen LogP contribution in [0, 0.1) is 5.82 Å². The summed E-state index contributed by atoms with van der Waals surface area (Å²) >= 11 is 0. The molecule has 2 rings (SSSR count). The first-order chi connectivity index (χ1) is 10.9. The highest BCUT2D eigenvalue weighted by Gasteiger charge is 2.14. The van der Waals surface area contributed by atoms with Gasteiger partial charge >= 0.3 is 0 Å². The number of hydrogen-bond acceptors (Lipinski definition) is 5. The van der Waals surface area contributed by atoms with Crippen LogP contribution in [-0.4, -0.2) is 27.7 Å². The molecule has 0 saturated heterocycles. The van der Waals surface area contributed by atoms with Crippen LogP contribution in [-0.2, 0) is 16.6 Å². The molecular weight excluding hydrogens is 323 g/mol. The van der Waals surface area contributed by atoms with E-state index in [-0.39, 0.29) is 22.9 Å². The van der Waals surface area contributed by atoms with Crippen LogP contribution in [0.5, 0.6) is 11.5 Å². The number of benzene rings is 2. The molecule has 0 amide bonds. The first-order valence-corrected chi connectivity index (χ1v) is 8.19. The van der Waals surface area contributed by atoms with Crippen molar-refractivity contribution in [3.63, 3.8) is 0 Å². The maximum atomic E-state index is 14.0. The second kappa shape index (κ2) is 6.84. The number of rotatable bonds is 6. The van der Waals surface area contributed by atoms with E-state index in [9.17, 15) is 17.9 Å². The predicted molar refractivity (Wildman–Crippen MR) is 84.6 cm³/mol. The molecule has 0 radical (unpaired) electrons. The Labute approximate surface area is 134 Å². The quantitative estimate of drug-likeness (QED) is 0.749. The Bertz CT molecular complexity index is 809. The largest absolute Gasteiger partial charge is 0.504 e. The van der Waals surface area contributed by atoms with Crippen LogP contribution in [0.3, 0.4) is 0 Å². The van der Waals surface area contributed by atoms with E-state index in [1.807, 2.05) is 0 Å². The molecule has 0 saturated carbocycles. The summed E-state index contributed by atoms with van der Waals surface area (Å²) in [7, 11) is -1.00. The summed E-state index contributed by atoms with van der Waals surface area (Å²) in [6.45, 7) is 0.151. The van der Waals surface area contributed by atoms with Gasteiger partial charge in [-0.1, -0.05) is 12.1 Å². The summed E-state index contributed by atoms with van der Waals surface area (Å²) in [6, 6.07) is 8.53. The summed E-state index contributed by atoms with van der Waals surface area (Å²) in [5.41, 5.74) is 0.651. The lowest BCUT2D eigenvalue weighted by Crippen LogP contribution is -2.18. The third-order valence-corrected chi connectivity index (χ3v) is 4.70. The maximum absolute atomic E-state index is 14.0. The first-order valence-electron chi connectivity index (χ1n) is 6.71. The Morgan fingerprint density at radius 1 is 1.26 bits per heavy atom. The number of sulfonamides is 1. The third-order valence-electron chi connectivity index (χ3n) is 3.29. The van der Waals surface area contributed by atoms with Crippen LogP contribution in [0.2, 0.25) is 0 Å². The number of halogens is 1.